The number of aromatic nitrogens is 4. The maximum Gasteiger partial charge on any atom is 0.318 e. The molecule has 0 spiro atoms. The molecule has 2 aromatic heterocycles. The maximum absolute atomic E-state index is 14.5. The van der Waals surface area contributed by atoms with Crippen molar-refractivity contribution in [2.24, 2.45) is 5.92 Å². The van der Waals surface area contributed by atoms with E-state index in [9.17, 15) is 17.6 Å². The van der Waals surface area contributed by atoms with Gasteiger partial charge in [-0.25, -0.2) is 17.6 Å². The zero-order valence-corrected chi connectivity index (χ0v) is 19.5. The average Bonchev–Trinajstić information content (AvgIpc) is 3.19. The molecule has 0 saturated carbocycles. The van der Waals surface area contributed by atoms with Gasteiger partial charge >= 0.3 is 6.01 Å². The summed E-state index contributed by atoms with van der Waals surface area (Å²) in [7, 11) is 0. The summed E-state index contributed by atoms with van der Waals surface area (Å²) in [4.78, 5) is 1.37. The minimum absolute atomic E-state index is 0.0181. The summed E-state index contributed by atoms with van der Waals surface area (Å²) in [5, 5.41) is 16.3. The summed E-state index contributed by atoms with van der Waals surface area (Å²) < 4.78 is 61.1. The monoisotopic (exact) mass is 477 g/mol. The van der Waals surface area contributed by atoms with E-state index in [1.54, 1.807) is 13.0 Å². The smallest absolute Gasteiger partial charge is 0.318 e. The van der Waals surface area contributed by atoms with Crippen LogP contribution in [0.25, 0.3) is 11.3 Å². The molecule has 10 heteroatoms. The van der Waals surface area contributed by atoms with Gasteiger partial charge in [-0.05, 0) is 48.4 Å². The Morgan fingerprint density at radius 1 is 1.12 bits per heavy atom. The predicted octanol–water partition coefficient (Wildman–Crippen LogP) is 5.68. The number of nitrogens with zero attached hydrogens (tertiary/aromatic N) is 5. The Labute approximate surface area is 195 Å². The molecule has 0 N–H and O–H groups in total. The molecule has 3 aromatic rings. The Bertz CT molecular complexity index is 1150. The summed E-state index contributed by atoms with van der Waals surface area (Å²) in [6.07, 6.45) is -1.19. The fraction of sp³-hybridized carbons (Fsp3) is 0.500. The second-order valence-electron chi connectivity index (χ2n) is 9.46. The quantitative estimate of drug-likeness (QED) is 0.408. The average molecular weight is 478 g/mol. The first-order valence-electron chi connectivity index (χ1n) is 11.2. The van der Waals surface area contributed by atoms with Gasteiger partial charge in [0.1, 0.15) is 11.6 Å². The Hall–Kier alpha value is -3.04. The van der Waals surface area contributed by atoms with E-state index in [0.717, 1.165) is 12.0 Å². The number of alkyl halides is 2. The highest BCUT2D eigenvalue weighted by Gasteiger charge is 2.41. The Kier molecular flexibility index (Phi) is 6.60. The third kappa shape index (κ3) is 4.63. The maximum atomic E-state index is 14.5. The molecule has 0 amide bonds. The Morgan fingerprint density at radius 3 is 2.41 bits per heavy atom. The molecule has 6 nitrogen and oxygen atoms in total. The zero-order chi connectivity index (χ0) is 24.6. The van der Waals surface area contributed by atoms with Crippen LogP contribution < -0.4 is 4.90 Å². The summed E-state index contributed by atoms with van der Waals surface area (Å²) >= 11 is 0. The number of halogens is 4. The highest BCUT2D eigenvalue weighted by molar-refractivity contribution is 5.62. The number of anilines is 1. The van der Waals surface area contributed by atoms with Crippen molar-refractivity contribution in [1.29, 1.82) is 0 Å². The van der Waals surface area contributed by atoms with Crippen LogP contribution in [-0.2, 0) is 5.41 Å². The zero-order valence-electron chi connectivity index (χ0n) is 19.5. The molecule has 2 heterocycles. The minimum Gasteiger partial charge on any atom is -0.408 e. The molecule has 1 aliphatic carbocycles. The van der Waals surface area contributed by atoms with E-state index in [2.05, 4.69) is 34.2 Å². The van der Waals surface area contributed by atoms with Gasteiger partial charge in [-0.1, -0.05) is 31.9 Å². The molecule has 182 valence electrons. The van der Waals surface area contributed by atoms with E-state index in [0.29, 0.717) is 12.1 Å². The molecule has 0 aliphatic heterocycles. The second-order valence-corrected chi connectivity index (χ2v) is 9.46. The lowest BCUT2D eigenvalue weighted by Gasteiger charge is -2.41. The van der Waals surface area contributed by atoms with Crippen molar-refractivity contribution < 1.29 is 22.0 Å². The van der Waals surface area contributed by atoms with E-state index in [-0.39, 0.29) is 41.5 Å². The highest BCUT2D eigenvalue weighted by atomic mass is 19.3. The van der Waals surface area contributed by atoms with Crippen molar-refractivity contribution in [2.45, 2.75) is 58.3 Å². The van der Waals surface area contributed by atoms with Crippen LogP contribution in [0.5, 0.6) is 0 Å². The molecule has 0 fully saturated rings. The predicted molar refractivity (Wildman–Crippen MR) is 119 cm³/mol. The van der Waals surface area contributed by atoms with E-state index < -0.39 is 30.0 Å². The molecular formula is C24H27F4N5O. The molecule has 2 atom stereocenters. The standard InChI is InChI=1S/C24H27F4N5O/c1-13(2)15-8-9-24(4,12-33(11-20(27)28)23-32-29-14(3)34-23)22-16(15)10-19(30-31-22)21-17(25)6-5-7-18(21)26/h5-7,10,13,15,20H,8-9,11-12H2,1-4H3/t15-,24-/m1/s1. The van der Waals surface area contributed by atoms with Gasteiger partial charge in [-0.3, -0.25) is 0 Å². The van der Waals surface area contributed by atoms with E-state index in [1.165, 1.54) is 23.1 Å². The molecule has 1 aliphatic rings. The van der Waals surface area contributed by atoms with Gasteiger partial charge in [0, 0.05) is 18.9 Å². The van der Waals surface area contributed by atoms with Crippen molar-refractivity contribution in [3.05, 3.63) is 53.0 Å². The minimum atomic E-state index is -2.61. The highest BCUT2D eigenvalue weighted by Crippen LogP contribution is 2.46. The fourth-order valence-corrected chi connectivity index (χ4v) is 4.83. The topological polar surface area (TPSA) is 67.9 Å². The van der Waals surface area contributed by atoms with Crippen LogP contribution in [0.3, 0.4) is 0 Å². The molecule has 1 aromatic carbocycles. The molecule has 0 bridgehead atoms. The van der Waals surface area contributed by atoms with Crippen molar-refractivity contribution >= 4 is 6.01 Å². The largest absolute Gasteiger partial charge is 0.408 e. The van der Waals surface area contributed by atoms with Gasteiger partial charge in [0.2, 0.25) is 5.89 Å². The van der Waals surface area contributed by atoms with Crippen LogP contribution in [0.15, 0.2) is 28.7 Å². The van der Waals surface area contributed by atoms with Gasteiger partial charge < -0.3 is 9.32 Å². The third-order valence-electron chi connectivity index (χ3n) is 6.51. The fourth-order valence-electron chi connectivity index (χ4n) is 4.83. The van der Waals surface area contributed by atoms with Crippen LogP contribution in [-0.4, -0.2) is 39.9 Å². The van der Waals surface area contributed by atoms with Crippen molar-refractivity contribution in [3.63, 3.8) is 0 Å². The van der Waals surface area contributed by atoms with E-state index >= 15 is 0 Å². The number of aryl methyl sites for hydroxylation is 1. The Balaban J connectivity index is 1.78. The van der Waals surface area contributed by atoms with Crippen LogP contribution in [0.4, 0.5) is 23.6 Å². The summed E-state index contributed by atoms with van der Waals surface area (Å²) in [6.45, 7) is 7.25. The van der Waals surface area contributed by atoms with Gasteiger partial charge in [0.15, 0.2) is 0 Å². The molecule has 4 rings (SSSR count). The van der Waals surface area contributed by atoms with Gasteiger partial charge in [0.05, 0.1) is 23.5 Å². The van der Waals surface area contributed by atoms with Gasteiger partial charge in [-0.15, -0.1) is 5.10 Å². The lowest BCUT2D eigenvalue weighted by atomic mass is 9.67. The summed E-state index contributed by atoms with van der Waals surface area (Å²) in [5.41, 5.74) is 0.676. The number of hydrogen-bond acceptors (Lipinski definition) is 6. The molecular weight excluding hydrogens is 450 g/mol. The van der Waals surface area contributed by atoms with Gasteiger partial charge in [0.25, 0.3) is 6.43 Å². The van der Waals surface area contributed by atoms with Crippen molar-refractivity contribution in [1.82, 2.24) is 20.4 Å². The van der Waals surface area contributed by atoms with Crippen LogP contribution in [0.2, 0.25) is 0 Å². The summed E-state index contributed by atoms with van der Waals surface area (Å²) in [6, 6.07) is 5.37. The number of benzene rings is 1. The Morgan fingerprint density at radius 2 is 1.82 bits per heavy atom. The van der Waals surface area contributed by atoms with Crippen molar-refractivity contribution in [2.75, 3.05) is 18.0 Å². The normalized spacial score (nSPS) is 20.1. The van der Waals surface area contributed by atoms with E-state index in [1.807, 2.05) is 6.92 Å². The van der Waals surface area contributed by atoms with Crippen LogP contribution in [0, 0.1) is 24.5 Å². The number of hydrogen-bond donors (Lipinski definition) is 0. The van der Waals surface area contributed by atoms with Crippen molar-refractivity contribution in [3.8, 4) is 11.3 Å². The van der Waals surface area contributed by atoms with Crippen LogP contribution >= 0.6 is 0 Å². The molecule has 0 saturated heterocycles. The SMILES string of the molecule is Cc1nnc(N(CC(F)F)C[C@@]2(C)CC[C@H](C(C)C)c3cc(-c4c(F)cccc4F)nnc32)o1. The molecule has 0 radical (unpaired) electrons. The number of rotatable bonds is 7. The van der Waals surface area contributed by atoms with Crippen LogP contribution in [0.1, 0.15) is 56.7 Å². The summed E-state index contributed by atoms with van der Waals surface area (Å²) in [5.74, 6) is -0.838. The first kappa shape index (κ1) is 24.1. The first-order chi connectivity index (χ1) is 16.1. The lowest BCUT2D eigenvalue weighted by molar-refractivity contribution is 0.150. The third-order valence-corrected chi connectivity index (χ3v) is 6.51. The molecule has 0 unspecified atom stereocenters. The first-order valence-corrected chi connectivity index (χ1v) is 11.2. The lowest BCUT2D eigenvalue weighted by Crippen LogP contribution is -2.45. The second kappa shape index (κ2) is 9.31. The van der Waals surface area contributed by atoms with Gasteiger partial charge in [-0.2, -0.15) is 10.2 Å². The molecule has 34 heavy (non-hydrogen) atoms. The van der Waals surface area contributed by atoms with E-state index in [4.69, 9.17) is 4.42 Å². The number of fused-ring (bicyclic) bond motifs is 1.